The SMILES string of the molecule is Cc1ccnc(C(C)C)c1-n1c(=O)nc(N2CCNC[C@@H]2C)c2cc(F)c(-c3c(F)ccc4ncsc34)nc21. The first-order valence-corrected chi connectivity index (χ1v) is 13.7. The second-order valence-corrected chi connectivity index (χ2v) is 11.0. The largest absolute Gasteiger partial charge is 0.355 e. The topological polar surface area (TPSA) is 88.8 Å². The molecule has 39 heavy (non-hydrogen) atoms. The fourth-order valence-corrected chi connectivity index (χ4v) is 6.09. The molecule has 200 valence electrons. The Morgan fingerprint density at radius 3 is 2.72 bits per heavy atom. The first kappa shape index (κ1) is 25.4. The number of benzene rings is 1. The van der Waals surface area contributed by atoms with E-state index in [1.807, 2.05) is 38.7 Å². The zero-order valence-electron chi connectivity index (χ0n) is 22.0. The van der Waals surface area contributed by atoms with Gasteiger partial charge in [0.1, 0.15) is 17.3 Å². The minimum absolute atomic E-state index is 0.0157. The predicted molar refractivity (Wildman–Crippen MR) is 150 cm³/mol. The van der Waals surface area contributed by atoms with Crippen LogP contribution in [0.3, 0.4) is 0 Å². The number of aryl methyl sites for hydroxylation is 1. The molecule has 1 N–H and O–H groups in total. The van der Waals surface area contributed by atoms with Crippen molar-refractivity contribution in [1.29, 1.82) is 0 Å². The molecule has 6 rings (SSSR count). The third-order valence-electron chi connectivity index (χ3n) is 7.18. The highest BCUT2D eigenvalue weighted by molar-refractivity contribution is 7.17. The van der Waals surface area contributed by atoms with Crippen LogP contribution in [0.2, 0.25) is 0 Å². The molecule has 1 saturated heterocycles. The van der Waals surface area contributed by atoms with Gasteiger partial charge in [-0.3, -0.25) is 4.98 Å². The number of pyridine rings is 2. The fourth-order valence-electron chi connectivity index (χ4n) is 5.27. The Labute approximate surface area is 227 Å². The molecule has 0 bridgehead atoms. The van der Waals surface area contributed by atoms with E-state index in [1.54, 1.807) is 17.8 Å². The van der Waals surface area contributed by atoms with Gasteiger partial charge in [0, 0.05) is 31.9 Å². The first-order valence-electron chi connectivity index (χ1n) is 12.8. The van der Waals surface area contributed by atoms with E-state index >= 15 is 8.78 Å². The molecule has 8 nitrogen and oxygen atoms in total. The highest BCUT2D eigenvalue weighted by atomic mass is 32.1. The molecule has 4 aromatic heterocycles. The highest BCUT2D eigenvalue weighted by Gasteiger charge is 2.28. The molecule has 1 aliphatic heterocycles. The summed E-state index contributed by atoms with van der Waals surface area (Å²) >= 11 is 1.21. The Hall–Kier alpha value is -3.83. The maximum atomic E-state index is 16.0. The van der Waals surface area contributed by atoms with Crippen LogP contribution in [0.5, 0.6) is 0 Å². The lowest BCUT2D eigenvalue weighted by atomic mass is 10.0. The molecule has 1 aromatic carbocycles. The lowest BCUT2D eigenvalue weighted by Crippen LogP contribution is -2.50. The number of thiazole rings is 1. The number of hydrogen-bond donors (Lipinski definition) is 1. The molecule has 0 unspecified atom stereocenters. The summed E-state index contributed by atoms with van der Waals surface area (Å²) in [5.74, 6) is -0.970. The quantitative estimate of drug-likeness (QED) is 0.340. The van der Waals surface area contributed by atoms with Gasteiger partial charge in [-0.25, -0.2) is 28.1 Å². The van der Waals surface area contributed by atoms with Crippen molar-refractivity contribution in [3.8, 4) is 16.9 Å². The summed E-state index contributed by atoms with van der Waals surface area (Å²) < 4.78 is 33.2. The zero-order chi connectivity index (χ0) is 27.4. The number of halogens is 2. The smallest absolute Gasteiger partial charge is 0.351 e. The Kier molecular flexibility index (Phi) is 6.35. The molecule has 11 heteroatoms. The molecule has 1 fully saturated rings. The van der Waals surface area contributed by atoms with Crippen LogP contribution in [0.25, 0.3) is 38.2 Å². The van der Waals surface area contributed by atoms with Gasteiger partial charge in [0.2, 0.25) is 0 Å². The van der Waals surface area contributed by atoms with E-state index < -0.39 is 17.3 Å². The lowest BCUT2D eigenvalue weighted by Gasteiger charge is -2.35. The maximum absolute atomic E-state index is 16.0. The van der Waals surface area contributed by atoms with Crippen LogP contribution in [0.1, 0.15) is 37.9 Å². The standard InChI is InChI=1S/C28H27F2N7OS/c1-14(2)22-24(15(3)7-8-32-22)37-27-17(26(35-28(37)38)36-10-9-31-12-16(36)4)11-19(30)23(34-27)21-18(29)5-6-20-25(21)39-13-33-20/h5-8,11,13-14,16,31H,9-10,12H2,1-4H3/t16-/m0/s1. The van der Waals surface area contributed by atoms with Gasteiger partial charge >= 0.3 is 5.69 Å². The number of rotatable bonds is 4. The van der Waals surface area contributed by atoms with Crippen molar-refractivity contribution < 1.29 is 8.78 Å². The van der Waals surface area contributed by atoms with E-state index in [2.05, 4.69) is 20.3 Å². The predicted octanol–water partition coefficient (Wildman–Crippen LogP) is 4.96. The maximum Gasteiger partial charge on any atom is 0.355 e. The molecule has 1 atom stereocenters. The summed E-state index contributed by atoms with van der Waals surface area (Å²) in [7, 11) is 0. The van der Waals surface area contributed by atoms with Gasteiger partial charge in [-0.2, -0.15) is 4.98 Å². The number of piperazine rings is 1. The van der Waals surface area contributed by atoms with Crippen molar-refractivity contribution in [1.82, 2.24) is 29.8 Å². The minimum atomic E-state index is -0.703. The van der Waals surface area contributed by atoms with Gasteiger partial charge in [0.15, 0.2) is 11.5 Å². The van der Waals surface area contributed by atoms with Gasteiger partial charge in [-0.15, -0.1) is 11.3 Å². The molecule has 1 aliphatic rings. The van der Waals surface area contributed by atoms with Gasteiger partial charge in [-0.05, 0) is 49.6 Å². The molecular formula is C28H27F2N7OS. The van der Waals surface area contributed by atoms with Crippen LogP contribution in [-0.2, 0) is 0 Å². The molecular weight excluding hydrogens is 520 g/mol. The third-order valence-corrected chi connectivity index (χ3v) is 8.04. The van der Waals surface area contributed by atoms with E-state index in [4.69, 9.17) is 4.98 Å². The molecule has 0 amide bonds. The van der Waals surface area contributed by atoms with Gasteiger partial charge in [-0.1, -0.05) is 13.8 Å². The second-order valence-electron chi connectivity index (χ2n) is 10.1. The average molecular weight is 548 g/mol. The fraction of sp³-hybridized carbons (Fsp3) is 0.321. The molecule has 0 aliphatic carbocycles. The van der Waals surface area contributed by atoms with E-state index in [9.17, 15) is 4.79 Å². The van der Waals surface area contributed by atoms with Crippen LogP contribution >= 0.6 is 11.3 Å². The Morgan fingerprint density at radius 1 is 1.13 bits per heavy atom. The van der Waals surface area contributed by atoms with Crippen molar-refractivity contribution >= 4 is 38.4 Å². The zero-order valence-corrected chi connectivity index (χ0v) is 22.8. The summed E-state index contributed by atoms with van der Waals surface area (Å²) in [6.45, 7) is 9.86. The minimum Gasteiger partial charge on any atom is -0.351 e. The van der Waals surface area contributed by atoms with Crippen LogP contribution in [0.4, 0.5) is 14.6 Å². The van der Waals surface area contributed by atoms with Crippen molar-refractivity contribution in [2.24, 2.45) is 0 Å². The van der Waals surface area contributed by atoms with Crippen molar-refractivity contribution in [2.75, 3.05) is 24.5 Å². The van der Waals surface area contributed by atoms with Crippen LogP contribution in [-0.4, -0.2) is 50.2 Å². The Morgan fingerprint density at radius 2 is 1.95 bits per heavy atom. The Balaban J connectivity index is 1.75. The summed E-state index contributed by atoms with van der Waals surface area (Å²) in [4.78, 5) is 33.9. The molecule has 0 spiro atoms. The van der Waals surface area contributed by atoms with E-state index in [-0.39, 0.29) is 28.9 Å². The molecule has 5 aromatic rings. The number of fused-ring (bicyclic) bond motifs is 2. The second kappa shape index (κ2) is 9.73. The van der Waals surface area contributed by atoms with Gasteiger partial charge in [0.25, 0.3) is 0 Å². The summed E-state index contributed by atoms with van der Waals surface area (Å²) in [5.41, 5.74) is 3.66. The number of nitrogens with zero attached hydrogens (tertiary/aromatic N) is 6. The third kappa shape index (κ3) is 4.16. The van der Waals surface area contributed by atoms with Gasteiger partial charge in [0.05, 0.1) is 38.1 Å². The number of anilines is 1. The van der Waals surface area contributed by atoms with Crippen molar-refractivity contribution in [3.63, 3.8) is 0 Å². The van der Waals surface area contributed by atoms with Crippen LogP contribution < -0.4 is 15.9 Å². The Bertz CT molecular complexity index is 1800. The van der Waals surface area contributed by atoms with E-state index in [0.29, 0.717) is 52.4 Å². The van der Waals surface area contributed by atoms with Gasteiger partial charge < -0.3 is 10.2 Å². The van der Waals surface area contributed by atoms with E-state index in [1.165, 1.54) is 28.0 Å². The van der Waals surface area contributed by atoms with Crippen LogP contribution in [0, 0.1) is 18.6 Å². The molecule has 0 saturated carbocycles. The normalized spacial score (nSPS) is 16.1. The summed E-state index contributed by atoms with van der Waals surface area (Å²) in [6.07, 6.45) is 1.70. The molecule has 5 heterocycles. The number of hydrogen-bond acceptors (Lipinski definition) is 8. The highest BCUT2D eigenvalue weighted by Crippen LogP contribution is 2.37. The van der Waals surface area contributed by atoms with Crippen LogP contribution in [0.15, 0.2) is 40.8 Å². The molecule has 0 radical (unpaired) electrons. The number of aromatic nitrogens is 5. The van der Waals surface area contributed by atoms with Crippen molar-refractivity contribution in [2.45, 2.75) is 39.7 Å². The lowest BCUT2D eigenvalue weighted by molar-refractivity contribution is 0.497. The number of nitrogens with one attached hydrogen (secondary N) is 1. The monoisotopic (exact) mass is 547 g/mol. The van der Waals surface area contributed by atoms with Crippen molar-refractivity contribution in [3.05, 3.63) is 69.3 Å². The average Bonchev–Trinajstić information content (AvgIpc) is 3.38. The summed E-state index contributed by atoms with van der Waals surface area (Å²) in [5, 5.41) is 3.70. The van der Waals surface area contributed by atoms with E-state index in [0.717, 1.165) is 5.56 Å². The summed E-state index contributed by atoms with van der Waals surface area (Å²) in [6, 6.07) is 5.97. The first-order chi connectivity index (χ1) is 18.8.